The predicted octanol–water partition coefficient (Wildman–Crippen LogP) is 4.15. The molecule has 0 atom stereocenters. The molecular weight excluding hydrogens is 442 g/mol. The first kappa shape index (κ1) is 21.5. The highest BCUT2D eigenvalue weighted by Crippen LogP contribution is 2.32. The van der Waals surface area contributed by atoms with Crippen molar-refractivity contribution >= 4 is 28.5 Å². The van der Waals surface area contributed by atoms with E-state index in [1.807, 2.05) is 41.3 Å². The van der Waals surface area contributed by atoms with E-state index in [2.05, 4.69) is 20.0 Å². The zero-order chi connectivity index (χ0) is 22.9. The number of fused-ring (bicyclic) bond motifs is 1. The Morgan fingerprint density at radius 3 is 2.73 bits per heavy atom. The molecule has 0 aliphatic carbocycles. The van der Waals surface area contributed by atoms with Crippen molar-refractivity contribution < 1.29 is 14.1 Å². The number of nitrogens with zero attached hydrogens (tertiary/aromatic N) is 4. The number of hydrogen-bond acceptors (Lipinski definition) is 6. The van der Waals surface area contributed by atoms with Crippen LogP contribution in [0.5, 0.6) is 5.75 Å². The maximum absolute atomic E-state index is 13.4. The summed E-state index contributed by atoms with van der Waals surface area (Å²) in [4.78, 5) is 25.5. The van der Waals surface area contributed by atoms with E-state index in [-0.39, 0.29) is 5.91 Å². The van der Waals surface area contributed by atoms with E-state index in [1.54, 1.807) is 20.1 Å². The summed E-state index contributed by atoms with van der Waals surface area (Å²) in [7, 11) is 1.65. The highest BCUT2D eigenvalue weighted by Gasteiger charge is 2.29. The molecule has 1 aliphatic rings. The maximum atomic E-state index is 13.4. The van der Waals surface area contributed by atoms with Crippen LogP contribution >= 0.6 is 11.6 Å². The van der Waals surface area contributed by atoms with E-state index in [9.17, 15) is 4.79 Å². The molecule has 33 heavy (non-hydrogen) atoms. The largest absolute Gasteiger partial charge is 0.497 e. The summed E-state index contributed by atoms with van der Waals surface area (Å²) < 4.78 is 10.7. The first-order valence-electron chi connectivity index (χ1n) is 10.8. The number of halogens is 1. The quantitative estimate of drug-likeness (QED) is 0.476. The Labute approximate surface area is 196 Å². The molecule has 0 unspecified atom stereocenters. The van der Waals surface area contributed by atoms with E-state index in [0.29, 0.717) is 47.2 Å². The third-order valence-corrected chi connectivity index (χ3v) is 6.31. The molecule has 0 bridgehead atoms. The van der Waals surface area contributed by atoms with Gasteiger partial charge in [-0.3, -0.25) is 9.69 Å². The van der Waals surface area contributed by atoms with E-state index in [0.717, 1.165) is 35.7 Å². The molecule has 5 rings (SSSR count). The number of imidazole rings is 1. The fourth-order valence-corrected chi connectivity index (χ4v) is 4.41. The van der Waals surface area contributed by atoms with Gasteiger partial charge < -0.3 is 19.1 Å². The molecule has 3 heterocycles. The lowest BCUT2D eigenvalue weighted by molar-refractivity contribution is 0.0625. The summed E-state index contributed by atoms with van der Waals surface area (Å²) in [6, 6.07) is 13.1. The molecule has 1 saturated heterocycles. The summed E-state index contributed by atoms with van der Waals surface area (Å²) in [5, 5.41) is 4.66. The molecule has 2 aromatic carbocycles. The summed E-state index contributed by atoms with van der Waals surface area (Å²) in [5.74, 6) is 2.10. The van der Waals surface area contributed by atoms with Crippen molar-refractivity contribution in [3.05, 3.63) is 64.6 Å². The van der Waals surface area contributed by atoms with Gasteiger partial charge in [-0.05, 0) is 25.1 Å². The van der Waals surface area contributed by atoms with Crippen LogP contribution in [0, 0.1) is 6.92 Å². The van der Waals surface area contributed by atoms with Gasteiger partial charge in [-0.25, -0.2) is 4.98 Å². The Morgan fingerprint density at radius 2 is 1.97 bits per heavy atom. The summed E-state index contributed by atoms with van der Waals surface area (Å²) in [6.45, 7) is 5.16. The van der Waals surface area contributed by atoms with Crippen molar-refractivity contribution in [3.63, 3.8) is 0 Å². The van der Waals surface area contributed by atoms with E-state index >= 15 is 0 Å². The number of aromatic nitrogens is 3. The van der Waals surface area contributed by atoms with Gasteiger partial charge in [0.1, 0.15) is 28.6 Å². The van der Waals surface area contributed by atoms with Crippen LogP contribution in [-0.4, -0.2) is 64.1 Å². The first-order valence-corrected chi connectivity index (χ1v) is 11.2. The molecule has 0 spiro atoms. The number of rotatable bonds is 5. The highest BCUT2D eigenvalue weighted by atomic mass is 35.5. The minimum atomic E-state index is -0.0841. The average Bonchev–Trinajstić information content (AvgIpc) is 3.41. The van der Waals surface area contributed by atoms with Crippen molar-refractivity contribution in [3.8, 4) is 17.0 Å². The lowest BCUT2D eigenvalue weighted by Gasteiger charge is -2.34. The van der Waals surface area contributed by atoms with Gasteiger partial charge in [0.25, 0.3) is 5.91 Å². The van der Waals surface area contributed by atoms with Gasteiger partial charge in [0.2, 0.25) is 0 Å². The Bertz CT molecular complexity index is 1310. The van der Waals surface area contributed by atoms with Crippen LogP contribution in [0.15, 0.2) is 47.0 Å². The second kappa shape index (κ2) is 8.88. The number of benzene rings is 2. The minimum absolute atomic E-state index is 0.0841. The molecule has 1 aliphatic heterocycles. The normalized spacial score (nSPS) is 14.7. The Morgan fingerprint density at radius 1 is 1.18 bits per heavy atom. The first-order chi connectivity index (χ1) is 16.0. The van der Waals surface area contributed by atoms with Gasteiger partial charge in [0.15, 0.2) is 0 Å². The van der Waals surface area contributed by atoms with Gasteiger partial charge in [-0.2, -0.15) is 0 Å². The number of hydrogen-bond donors (Lipinski definition) is 1. The molecular formula is C24H24ClN5O3. The summed E-state index contributed by atoms with van der Waals surface area (Å²) >= 11 is 6.34. The molecule has 1 N–H and O–H groups in total. The summed E-state index contributed by atoms with van der Waals surface area (Å²) in [6.07, 6.45) is 0. The lowest BCUT2D eigenvalue weighted by Crippen LogP contribution is -2.48. The SMILES string of the molecule is COc1ccc2nc(CN3CCN(C(=O)c4c(-c5ccccc5Cl)noc4C)CC3)[nH]c2c1. The fourth-order valence-electron chi connectivity index (χ4n) is 4.18. The smallest absolute Gasteiger partial charge is 0.259 e. The topological polar surface area (TPSA) is 87.5 Å². The number of aryl methyl sites for hydroxylation is 1. The number of aromatic amines is 1. The van der Waals surface area contributed by atoms with Gasteiger partial charge in [-0.1, -0.05) is 35.0 Å². The highest BCUT2D eigenvalue weighted by molar-refractivity contribution is 6.33. The summed E-state index contributed by atoms with van der Waals surface area (Å²) in [5.41, 5.74) is 3.52. The van der Waals surface area contributed by atoms with Gasteiger partial charge in [0, 0.05) is 37.8 Å². The second-order valence-corrected chi connectivity index (χ2v) is 8.48. The number of piperazine rings is 1. The zero-order valence-corrected chi connectivity index (χ0v) is 19.2. The Hall–Kier alpha value is -3.36. The van der Waals surface area contributed by atoms with E-state index in [4.69, 9.17) is 20.9 Å². The van der Waals surface area contributed by atoms with Crippen molar-refractivity contribution in [1.29, 1.82) is 0 Å². The van der Waals surface area contributed by atoms with Crippen LogP contribution in [0.1, 0.15) is 21.9 Å². The lowest BCUT2D eigenvalue weighted by atomic mass is 10.0. The van der Waals surface area contributed by atoms with Crippen LogP contribution in [0.3, 0.4) is 0 Å². The fraction of sp³-hybridized carbons (Fsp3) is 0.292. The number of ether oxygens (including phenoxy) is 1. The van der Waals surface area contributed by atoms with Gasteiger partial charge in [0.05, 0.1) is 29.7 Å². The maximum Gasteiger partial charge on any atom is 0.259 e. The number of methoxy groups -OCH3 is 1. The third-order valence-electron chi connectivity index (χ3n) is 5.98. The molecule has 1 fully saturated rings. The third kappa shape index (κ3) is 4.19. The van der Waals surface area contributed by atoms with E-state index in [1.165, 1.54) is 0 Å². The van der Waals surface area contributed by atoms with Crippen molar-refractivity contribution in [2.24, 2.45) is 0 Å². The molecule has 1 amide bonds. The molecule has 0 saturated carbocycles. The van der Waals surface area contributed by atoms with Gasteiger partial charge >= 0.3 is 0 Å². The van der Waals surface area contributed by atoms with Crippen LogP contribution in [0.4, 0.5) is 0 Å². The molecule has 9 heteroatoms. The average molecular weight is 466 g/mol. The van der Waals surface area contributed by atoms with Crippen LogP contribution in [0.2, 0.25) is 5.02 Å². The number of carbonyl (C=O) groups excluding carboxylic acids is 1. The number of carbonyl (C=O) groups is 1. The molecule has 2 aromatic heterocycles. The molecule has 170 valence electrons. The molecule has 8 nitrogen and oxygen atoms in total. The number of nitrogens with one attached hydrogen (secondary N) is 1. The molecule has 0 radical (unpaired) electrons. The Balaban J connectivity index is 1.27. The minimum Gasteiger partial charge on any atom is -0.497 e. The molecule has 4 aromatic rings. The number of amides is 1. The van der Waals surface area contributed by atoms with Crippen LogP contribution < -0.4 is 4.74 Å². The standard InChI is InChI=1S/C24H24ClN5O3/c1-15-22(23(28-33-15)17-5-3-4-6-18(17)25)24(31)30-11-9-29(10-12-30)14-21-26-19-8-7-16(32-2)13-20(19)27-21/h3-8,13H,9-12,14H2,1-2H3,(H,26,27). The predicted molar refractivity (Wildman–Crippen MR) is 126 cm³/mol. The van der Waals surface area contributed by atoms with Gasteiger partial charge in [-0.15, -0.1) is 0 Å². The van der Waals surface area contributed by atoms with E-state index < -0.39 is 0 Å². The van der Waals surface area contributed by atoms with Crippen LogP contribution in [-0.2, 0) is 6.54 Å². The van der Waals surface area contributed by atoms with Crippen LogP contribution in [0.25, 0.3) is 22.3 Å². The second-order valence-electron chi connectivity index (χ2n) is 8.08. The van der Waals surface area contributed by atoms with Crippen molar-refractivity contribution in [2.75, 3.05) is 33.3 Å². The van der Waals surface area contributed by atoms with Crippen molar-refractivity contribution in [1.82, 2.24) is 24.9 Å². The monoisotopic (exact) mass is 465 g/mol. The Kier molecular flexibility index (Phi) is 5.78. The number of H-pyrrole nitrogens is 1. The zero-order valence-electron chi connectivity index (χ0n) is 18.5. The van der Waals surface area contributed by atoms with Crippen molar-refractivity contribution in [2.45, 2.75) is 13.5 Å².